The monoisotopic (exact) mass is 397 g/mol. The quantitative estimate of drug-likeness (QED) is 0.524. The molecule has 0 N–H and O–H groups in total. The number of likely N-dealkylation sites (tertiary alicyclic amines) is 1. The van der Waals surface area contributed by atoms with Crippen molar-refractivity contribution in [3.8, 4) is 23.7 Å². The molecule has 0 saturated carbocycles. The van der Waals surface area contributed by atoms with Crippen LogP contribution in [0.25, 0.3) is 0 Å². The average molecular weight is 398 g/mol. The molecule has 0 bridgehead atoms. The van der Waals surface area contributed by atoms with Crippen LogP contribution in [0.15, 0.2) is 42.0 Å². The first-order valence-electron chi connectivity index (χ1n) is 9.43. The highest BCUT2D eigenvalue weighted by atomic mass is 79.9. The Hall–Kier alpha value is -1.48. The molecule has 1 saturated heterocycles. The number of nitrogens with zero attached hydrogens (tertiary/aromatic N) is 1. The van der Waals surface area contributed by atoms with Gasteiger partial charge in [-0.25, -0.2) is 0 Å². The van der Waals surface area contributed by atoms with Gasteiger partial charge in [0.25, 0.3) is 0 Å². The van der Waals surface area contributed by atoms with Crippen molar-refractivity contribution in [1.82, 2.24) is 0 Å². The standard InChI is InChI=1S/C23H28N.BrH/c1-4-12-22(13-5-1)16-10-20-24(18-8-3-9-19-24)21-11-17-23-14-6-2-7-15-23;/h1,4-5,12-14H,2-3,6-9,15,18-21H2;1H/q+1;/p-1. The molecular formula is C23H28BrN. The van der Waals surface area contributed by atoms with Crippen molar-refractivity contribution in [3.63, 3.8) is 0 Å². The summed E-state index contributed by atoms with van der Waals surface area (Å²) < 4.78 is 1.07. The zero-order valence-corrected chi connectivity index (χ0v) is 16.7. The molecule has 25 heavy (non-hydrogen) atoms. The predicted octanol–water partition coefficient (Wildman–Crippen LogP) is 1.55. The summed E-state index contributed by atoms with van der Waals surface area (Å²) in [5, 5.41) is 0. The highest BCUT2D eigenvalue weighted by Crippen LogP contribution is 2.19. The van der Waals surface area contributed by atoms with Crippen LogP contribution in [0, 0.1) is 23.7 Å². The van der Waals surface area contributed by atoms with Gasteiger partial charge in [0.15, 0.2) is 0 Å². The van der Waals surface area contributed by atoms with Crippen LogP contribution in [0.3, 0.4) is 0 Å². The largest absolute Gasteiger partial charge is 1.00 e. The third-order valence-electron chi connectivity index (χ3n) is 5.14. The summed E-state index contributed by atoms with van der Waals surface area (Å²) in [5.74, 6) is 13.7. The molecule has 0 aromatic heterocycles. The maximum Gasteiger partial charge on any atom is 0.142 e. The van der Waals surface area contributed by atoms with Gasteiger partial charge in [-0.15, -0.1) is 0 Å². The Kier molecular flexibility index (Phi) is 8.33. The minimum atomic E-state index is 0. The fourth-order valence-corrected chi connectivity index (χ4v) is 3.66. The predicted molar refractivity (Wildman–Crippen MR) is 101 cm³/mol. The second kappa shape index (κ2) is 10.5. The first-order valence-corrected chi connectivity index (χ1v) is 9.43. The van der Waals surface area contributed by atoms with Crippen LogP contribution < -0.4 is 17.0 Å². The van der Waals surface area contributed by atoms with Gasteiger partial charge in [0.2, 0.25) is 0 Å². The summed E-state index contributed by atoms with van der Waals surface area (Å²) in [6.45, 7) is 4.36. The fourth-order valence-electron chi connectivity index (χ4n) is 3.66. The summed E-state index contributed by atoms with van der Waals surface area (Å²) in [4.78, 5) is 0. The first-order chi connectivity index (χ1) is 11.9. The van der Waals surface area contributed by atoms with Crippen LogP contribution in [0.5, 0.6) is 0 Å². The third kappa shape index (κ3) is 6.39. The van der Waals surface area contributed by atoms with E-state index in [0.29, 0.717) is 0 Å². The number of quaternary nitrogens is 1. The molecule has 2 aliphatic rings. The maximum atomic E-state index is 3.50. The second-order valence-electron chi connectivity index (χ2n) is 7.11. The molecule has 2 heteroatoms. The summed E-state index contributed by atoms with van der Waals surface area (Å²) in [5.41, 5.74) is 2.48. The van der Waals surface area contributed by atoms with E-state index in [9.17, 15) is 0 Å². The molecule has 3 rings (SSSR count). The van der Waals surface area contributed by atoms with Crippen molar-refractivity contribution in [1.29, 1.82) is 0 Å². The number of piperidine rings is 1. The van der Waals surface area contributed by atoms with Gasteiger partial charge in [-0.05, 0) is 74.5 Å². The first kappa shape index (κ1) is 19.8. The van der Waals surface area contributed by atoms with Gasteiger partial charge < -0.3 is 21.5 Å². The minimum absolute atomic E-state index is 0. The van der Waals surface area contributed by atoms with Crippen LogP contribution >= 0.6 is 0 Å². The second-order valence-corrected chi connectivity index (χ2v) is 7.11. The van der Waals surface area contributed by atoms with E-state index in [2.05, 4.69) is 54.0 Å². The molecular weight excluding hydrogens is 370 g/mol. The molecule has 1 fully saturated rings. The van der Waals surface area contributed by atoms with Gasteiger partial charge in [0, 0.05) is 5.56 Å². The van der Waals surface area contributed by atoms with Gasteiger partial charge in [0.1, 0.15) is 13.1 Å². The molecule has 1 aliphatic heterocycles. The number of benzene rings is 1. The lowest BCUT2D eigenvalue weighted by molar-refractivity contribution is -0.919. The average Bonchev–Trinajstić information content (AvgIpc) is 2.64. The molecule has 0 radical (unpaired) electrons. The molecule has 0 unspecified atom stereocenters. The topological polar surface area (TPSA) is 0 Å². The zero-order valence-electron chi connectivity index (χ0n) is 15.1. The van der Waals surface area contributed by atoms with E-state index in [-0.39, 0.29) is 17.0 Å². The van der Waals surface area contributed by atoms with E-state index < -0.39 is 0 Å². The molecule has 1 heterocycles. The van der Waals surface area contributed by atoms with Crippen LogP contribution in [0.4, 0.5) is 0 Å². The van der Waals surface area contributed by atoms with Crippen molar-refractivity contribution < 1.29 is 21.5 Å². The van der Waals surface area contributed by atoms with E-state index >= 15 is 0 Å². The maximum absolute atomic E-state index is 3.50. The molecule has 0 spiro atoms. The summed E-state index contributed by atoms with van der Waals surface area (Å²) >= 11 is 0. The Bertz CT molecular complexity index is 676. The van der Waals surface area contributed by atoms with Crippen molar-refractivity contribution in [3.05, 3.63) is 47.5 Å². The Morgan fingerprint density at radius 1 is 0.800 bits per heavy atom. The molecule has 132 valence electrons. The van der Waals surface area contributed by atoms with E-state index in [0.717, 1.165) is 23.1 Å². The van der Waals surface area contributed by atoms with Crippen molar-refractivity contribution in [2.75, 3.05) is 26.2 Å². The smallest absolute Gasteiger partial charge is 0.142 e. The number of allylic oxidation sites excluding steroid dienone is 2. The van der Waals surface area contributed by atoms with Crippen molar-refractivity contribution in [2.45, 2.75) is 44.9 Å². The number of halogens is 1. The third-order valence-corrected chi connectivity index (χ3v) is 5.14. The lowest BCUT2D eigenvalue weighted by Crippen LogP contribution is -3.00. The Labute approximate surface area is 163 Å². The molecule has 0 amide bonds. The lowest BCUT2D eigenvalue weighted by Gasteiger charge is -2.38. The number of rotatable bonds is 2. The Balaban J connectivity index is 0.00000225. The van der Waals surface area contributed by atoms with Gasteiger partial charge in [-0.2, -0.15) is 0 Å². The molecule has 1 aromatic rings. The fraction of sp³-hybridized carbons (Fsp3) is 0.478. The Morgan fingerprint density at radius 2 is 1.52 bits per heavy atom. The van der Waals surface area contributed by atoms with Crippen LogP contribution in [-0.2, 0) is 0 Å². The van der Waals surface area contributed by atoms with Crippen molar-refractivity contribution in [2.24, 2.45) is 0 Å². The van der Waals surface area contributed by atoms with Crippen LogP contribution in [-0.4, -0.2) is 30.7 Å². The normalized spacial score (nSPS) is 18.5. The minimum Gasteiger partial charge on any atom is -1.00 e. The summed E-state index contributed by atoms with van der Waals surface area (Å²) in [6.07, 6.45) is 11.4. The molecule has 0 atom stereocenters. The van der Waals surface area contributed by atoms with Crippen LogP contribution in [0.1, 0.15) is 50.5 Å². The van der Waals surface area contributed by atoms with Gasteiger partial charge in [0.05, 0.1) is 13.1 Å². The number of hydrogen-bond acceptors (Lipinski definition) is 0. The molecule has 1 nitrogen and oxygen atoms in total. The highest BCUT2D eigenvalue weighted by Gasteiger charge is 2.27. The van der Waals surface area contributed by atoms with Gasteiger partial charge in [-0.1, -0.05) is 36.1 Å². The summed E-state index contributed by atoms with van der Waals surface area (Å²) in [6, 6.07) is 10.3. The van der Waals surface area contributed by atoms with E-state index in [4.69, 9.17) is 0 Å². The van der Waals surface area contributed by atoms with E-state index in [1.54, 1.807) is 0 Å². The molecule has 1 aliphatic carbocycles. The zero-order chi connectivity index (χ0) is 16.5. The van der Waals surface area contributed by atoms with Crippen molar-refractivity contribution >= 4 is 0 Å². The lowest BCUT2D eigenvalue weighted by atomic mass is 10.00. The van der Waals surface area contributed by atoms with E-state index in [1.807, 2.05) is 6.07 Å². The molecule has 1 aromatic carbocycles. The van der Waals surface area contributed by atoms with Crippen LogP contribution in [0.2, 0.25) is 0 Å². The highest BCUT2D eigenvalue weighted by molar-refractivity contribution is 5.33. The number of hydrogen-bond donors (Lipinski definition) is 0. The van der Waals surface area contributed by atoms with E-state index in [1.165, 1.54) is 63.6 Å². The Morgan fingerprint density at radius 3 is 2.20 bits per heavy atom. The SMILES string of the molecule is C(#CC1=CCCCC1)C[N+]1(CC#Cc2ccccc2)CCCCC1.[Br-]. The summed E-state index contributed by atoms with van der Waals surface area (Å²) in [7, 11) is 0. The van der Waals surface area contributed by atoms with Gasteiger partial charge >= 0.3 is 0 Å². The van der Waals surface area contributed by atoms with Gasteiger partial charge in [-0.3, -0.25) is 0 Å².